The summed E-state index contributed by atoms with van der Waals surface area (Å²) in [6.45, 7) is 13.1. The van der Waals surface area contributed by atoms with Gasteiger partial charge in [0.2, 0.25) is 17.7 Å². The van der Waals surface area contributed by atoms with Gasteiger partial charge in [-0.15, -0.1) is 22.7 Å². The van der Waals surface area contributed by atoms with E-state index in [1.165, 1.54) is 65.5 Å². The Hall–Kier alpha value is -14.3. The zero-order valence-corrected chi connectivity index (χ0v) is 72.3. The van der Waals surface area contributed by atoms with Crippen LogP contribution in [0.1, 0.15) is 142 Å². The monoisotopic (exact) mass is 1690 g/mol. The van der Waals surface area contributed by atoms with Gasteiger partial charge in [0.1, 0.15) is 39.3 Å². The molecule has 1 fully saturated rings. The molecule has 1 aliphatic carbocycles. The fraction of sp³-hybridized carbons (Fsp3) is 0.247. The summed E-state index contributed by atoms with van der Waals surface area (Å²) >= 11 is 2.95. The van der Waals surface area contributed by atoms with Gasteiger partial charge in [0, 0.05) is 62.3 Å². The average Bonchev–Trinajstić information content (AvgIpc) is 1.51. The number of thiophene rings is 1. The van der Waals surface area contributed by atoms with Crippen molar-refractivity contribution in [3.05, 3.63) is 325 Å². The van der Waals surface area contributed by atoms with E-state index in [4.69, 9.17) is 47.9 Å². The molecule has 628 valence electrons. The molecule has 17 rings (SSSR count). The number of carbonyl (C=O) groups is 5. The first kappa shape index (κ1) is 86.1. The van der Waals surface area contributed by atoms with Crippen molar-refractivity contribution >= 4 is 87.0 Å². The van der Waals surface area contributed by atoms with Gasteiger partial charge in [-0.25, -0.2) is 29.3 Å². The Kier molecular flexibility index (Phi) is 24.1. The first-order valence-corrected chi connectivity index (χ1v) is 42.0. The molecule has 5 atom stereocenters. The molecule has 9 aromatic carbocycles. The molecule has 1 spiro atoms. The molecular formula is C97H95FN18O6S2. The van der Waals surface area contributed by atoms with E-state index in [1.807, 2.05) is 208 Å². The number of nitriles is 2. The number of hydrogen-bond acceptors (Lipinski definition) is 20. The topological polar surface area (TPSA) is 351 Å². The minimum Gasteiger partial charge on any atom is -0.497 e. The molecule has 24 nitrogen and oxygen atoms in total. The van der Waals surface area contributed by atoms with E-state index in [9.17, 15) is 33.6 Å². The van der Waals surface area contributed by atoms with Crippen molar-refractivity contribution in [1.82, 2.24) is 39.7 Å². The Morgan fingerprint density at radius 2 is 1.18 bits per heavy atom. The summed E-state index contributed by atoms with van der Waals surface area (Å²) in [5.41, 5.74) is 32.4. The highest BCUT2D eigenvalue weighted by Crippen LogP contribution is 2.64. The summed E-state index contributed by atoms with van der Waals surface area (Å²) in [5.74, 6) is -0.672. The van der Waals surface area contributed by atoms with Crippen molar-refractivity contribution in [3.63, 3.8) is 0 Å². The van der Waals surface area contributed by atoms with Crippen molar-refractivity contribution in [2.75, 3.05) is 34.8 Å². The van der Waals surface area contributed by atoms with E-state index in [-0.39, 0.29) is 70.9 Å². The number of likely N-dealkylation sites (N-methyl/N-ethyl adjacent to an activating group) is 2. The third kappa shape index (κ3) is 16.5. The summed E-state index contributed by atoms with van der Waals surface area (Å²) in [6.07, 6.45) is 5.90. The second-order valence-corrected chi connectivity index (χ2v) is 34.7. The number of rotatable bonds is 16. The quantitative estimate of drug-likeness (QED) is 0.0600. The molecule has 1 saturated carbocycles. The van der Waals surface area contributed by atoms with Gasteiger partial charge >= 0.3 is 0 Å². The molecule has 5 amide bonds. The van der Waals surface area contributed by atoms with E-state index in [1.54, 1.807) is 64.8 Å². The number of fused-ring (bicyclic) bond motifs is 1. The van der Waals surface area contributed by atoms with Crippen LogP contribution in [0.25, 0.3) is 32.6 Å². The third-order valence-electron chi connectivity index (χ3n) is 23.9. The number of carbonyl (C=O) groups excluding carboxylic acids is 5. The Balaban J connectivity index is 0.000000136. The Morgan fingerprint density at radius 1 is 0.581 bits per heavy atom. The van der Waals surface area contributed by atoms with Crippen LogP contribution in [0.4, 0.5) is 4.39 Å². The molecule has 27 heteroatoms. The number of nitrogens with zero attached hydrogens (tertiary/aromatic N) is 13. The van der Waals surface area contributed by atoms with E-state index < -0.39 is 45.2 Å². The normalized spacial score (nSPS) is 19.9. The molecule has 5 aliphatic rings. The number of aromatic nitrogens is 3. The number of halogens is 1. The molecule has 7 heterocycles. The highest BCUT2D eigenvalue weighted by Gasteiger charge is 2.67. The standard InChI is InChI=1S/C31H28N4O2.C24H29N5O.C23H21N5O2S.C19H17FN4OS/c32-30-34-31(26-15-6-2-7-16-26,27-17-8-3-9-18-27)29(37)35(30)22-24-13-10-14-25(21-24)28(36)33-20-19-23-11-4-1-5-12-23;1-23(2,3)17-10-7-15(8-11-17)20-21(30)28(5)22(25)27-24(20,4)18-12-9-16-14-26-29(6)19(16)13-18;1-23(18-13-26-20(31-18)16-6-4-5-14(11-16)12-24)19(21(29)28(2)22(25)27-23)15-7-9-17(30-3)10-8-15;1-18(19(5-6-19)16(25)24(2)17(22)23-18)15-8-13(10-26-15)11-3-4-14(20)12(7-11)9-21/h1-18,21H,19-20,22H2,(H2,32,34)(H,33,36);7-14,20H,1-6H3,(H2,25,27);4-11,13,19H,1-3H3,(H2,25,27);3-4,7-8,10H,5-6H2,1-2H3,(H2,22,23)/t;20-,24-;19?,23-;18-/m.111/s1. The SMILES string of the molecule is CN1C(=O)C2(CC2)[C@@](C)(c2cc(-c3ccc(F)c(C#N)c3)cs2)N=C1N.CN1C(=O)[C@@H](c2ccc(C(C)(C)C)cc2)[C@@](C)(c2ccc3cnn(C)c3c2)N=C1N.COc1ccc(C2C(=O)N(C)C(N)=N[C@]2(C)c2cnc(-c3cccc(C#N)c3)s2)cc1.NC1=NC(c2ccccc2)(c2ccccc2)C(=O)N1Cc1cccc(C(=O)NCCc2ccccc2)c1. The molecule has 4 aliphatic heterocycles. The maximum Gasteiger partial charge on any atom is 0.266 e. The lowest BCUT2D eigenvalue weighted by Crippen LogP contribution is -2.54. The van der Waals surface area contributed by atoms with Gasteiger partial charge in [0.05, 0.1) is 64.7 Å². The van der Waals surface area contributed by atoms with Gasteiger partial charge in [-0.3, -0.25) is 48.3 Å². The van der Waals surface area contributed by atoms with Crippen molar-refractivity contribution < 1.29 is 33.1 Å². The number of aryl methyl sites for hydroxylation is 1. The summed E-state index contributed by atoms with van der Waals surface area (Å²) in [7, 11) is 8.48. The second-order valence-electron chi connectivity index (χ2n) is 32.8. The van der Waals surface area contributed by atoms with Gasteiger partial charge in [-0.05, 0) is 167 Å². The summed E-state index contributed by atoms with van der Waals surface area (Å²) in [5, 5.41) is 29.3. The van der Waals surface area contributed by atoms with Gasteiger partial charge in [-0.1, -0.05) is 191 Å². The van der Waals surface area contributed by atoms with E-state index in [2.05, 4.69) is 77.6 Å². The first-order chi connectivity index (χ1) is 59.3. The third-order valence-corrected chi connectivity index (χ3v) is 26.4. The highest BCUT2D eigenvalue weighted by molar-refractivity contribution is 7.15. The van der Waals surface area contributed by atoms with Crippen LogP contribution in [0.5, 0.6) is 5.75 Å². The lowest BCUT2D eigenvalue weighted by Gasteiger charge is -2.41. The molecule has 3 aromatic heterocycles. The van der Waals surface area contributed by atoms with Crippen LogP contribution >= 0.6 is 22.7 Å². The minimum atomic E-state index is -1.25. The maximum atomic E-state index is 14.0. The lowest BCUT2D eigenvalue weighted by atomic mass is 9.73. The molecule has 124 heavy (non-hydrogen) atoms. The minimum absolute atomic E-state index is 0.0102. The molecule has 0 bridgehead atoms. The number of amides is 5. The van der Waals surface area contributed by atoms with Crippen molar-refractivity contribution in [2.45, 2.75) is 107 Å². The maximum absolute atomic E-state index is 14.0. The predicted octanol–water partition coefficient (Wildman–Crippen LogP) is 14.6. The molecular weight excluding hydrogens is 1600 g/mol. The zero-order valence-electron chi connectivity index (χ0n) is 70.6. The van der Waals surface area contributed by atoms with Crippen LogP contribution in [0.15, 0.2) is 268 Å². The Labute approximate surface area is 727 Å². The first-order valence-electron chi connectivity index (χ1n) is 40.3. The van der Waals surface area contributed by atoms with E-state index in [0.717, 1.165) is 95.0 Å². The molecule has 0 saturated heterocycles. The number of nitrogens with two attached hydrogens (primary N) is 4. The van der Waals surface area contributed by atoms with Gasteiger partial charge in [-0.2, -0.15) is 15.6 Å². The molecule has 1 unspecified atom stereocenters. The van der Waals surface area contributed by atoms with Crippen molar-refractivity contribution in [1.29, 1.82) is 10.5 Å². The second kappa shape index (κ2) is 34.7. The number of aliphatic imine (C=N–C) groups is 4. The van der Waals surface area contributed by atoms with Crippen LogP contribution in [-0.4, -0.2) is 123 Å². The number of benzene rings is 9. The van der Waals surface area contributed by atoms with Gasteiger partial charge in [0.25, 0.3) is 11.8 Å². The Bertz CT molecular complexity index is 6260. The van der Waals surface area contributed by atoms with Gasteiger partial charge in [0.15, 0.2) is 29.4 Å². The van der Waals surface area contributed by atoms with E-state index in [0.29, 0.717) is 23.4 Å². The number of guanidine groups is 4. The van der Waals surface area contributed by atoms with Crippen LogP contribution < -0.4 is 33.0 Å². The number of nitrogens with one attached hydrogen (secondary N) is 1. The van der Waals surface area contributed by atoms with Crippen LogP contribution in [0.2, 0.25) is 0 Å². The number of ether oxygens (including phenoxy) is 1. The van der Waals surface area contributed by atoms with Gasteiger partial charge < -0.3 is 33.0 Å². The average molecular weight is 1690 g/mol. The summed E-state index contributed by atoms with van der Waals surface area (Å²) < 4.78 is 20.7. The Morgan fingerprint density at radius 3 is 1.79 bits per heavy atom. The fourth-order valence-electron chi connectivity index (χ4n) is 16.4. The smallest absolute Gasteiger partial charge is 0.266 e. The molecule has 12 aromatic rings. The van der Waals surface area contributed by atoms with Crippen LogP contribution in [-0.2, 0) is 66.8 Å². The fourth-order valence-corrected chi connectivity index (χ4v) is 18.6. The van der Waals surface area contributed by atoms with Crippen LogP contribution in [0, 0.1) is 33.9 Å². The zero-order chi connectivity index (χ0) is 88.4. The number of thiazole rings is 1. The predicted molar refractivity (Wildman–Crippen MR) is 483 cm³/mol. The van der Waals surface area contributed by atoms with Crippen molar-refractivity contribution in [3.8, 4) is 39.6 Å². The number of methoxy groups -OCH3 is 1. The molecule has 0 radical (unpaired) electrons. The van der Waals surface area contributed by atoms with Crippen LogP contribution in [0.3, 0.4) is 0 Å². The number of hydrogen-bond donors (Lipinski definition) is 5. The highest BCUT2D eigenvalue weighted by atomic mass is 32.1. The summed E-state index contributed by atoms with van der Waals surface area (Å²) in [6, 6.07) is 75.8. The largest absolute Gasteiger partial charge is 0.497 e. The lowest BCUT2D eigenvalue weighted by molar-refractivity contribution is -0.136. The van der Waals surface area contributed by atoms with Crippen molar-refractivity contribution in [2.24, 2.45) is 55.4 Å². The molecule has 9 N–H and O–H groups in total. The summed E-state index contributed by atoms with van der Waals surface area (Å²) in [4.78, 5) is 97.4. The van der Waals surface area contributed by atoms with E-state index >= 15 is 0 Å².